The molecule has 0 unspecified atom stereocenters. The Kier molecular flexibility index (Phi) is 10.1. The molecule has 200 valence electrons. The van der Waals surface area contributed by atoms with Crippen molar-refractivity contribution in [1.29, 1.82) is 0 Å². The molecule has 0 bridgehead atoms. The molecule has 0 atom stereocenters. The minimum absolute atomic E-state index is 0.00243. The van der Waals surface area contributed by atoms with Crippen LogP contribution in [0.25, 0.3) is 0 Å². The van der Waals surface area contributed by atoms with E-state index in [0.717, 1.165) is 4.90 Å². The van der Waals surface area contributed by atoms with Crippen molar-refractivity contribution in [2.45, 2.75) is 39.2 Å². The Morgan fingerprint density at radius 3 is 2.39 bits per heavy atom. The van der Waals surface area contributed by atoms with Crippen LogP contribution in [0.1, 0.15) is 32.8 Å². The van der Waals surface area contributed by atoms with Gasteiger partial charge in [0.1, 0.15) is 5.60 Å². The zero-order chi connectivity index (χ0) is 27.0. The van der Waals surface area contributed by atoms with E-state index in [4.69, 9.17) is 21.1 Å². The molecule has 1 aliphatic rings. The largest absolute Gasteiger partial charge is 0.490 e. The summed E-state index contributed by atoms with van der Waals surface area (Å²) in [6, 6.07) is 4.10. The van der Waals surface area contributed by atoms with Crippen LogP contribution in [0.4, 0.5) is 18.8 Å². The van der Waals surface area contributed by atoms with E-state index in [-0.39, 0.29) is 50.7 Å². The van der Waals surface area contributed by atoms with Crippen LogP contribution in [0.5, 0.6) is 5.75 Å². The van der Waals surface area contributed by atoms with Crippen molar-refractivity contribution < 1.29 is 33.4 Å². The molecule has 1 saturated heterocycles. The maximum Gasteiger partial charge on any atom is 0.437 e. The second kappa shape index (κ2) is 12.6. The summed E-state index contributed by atoms with van der Waals surface area (Å²) in [7, 11) is 3.08. The van der Waals surface area contributed by atoms with Crippen molar-refractivity contribution >= 4 is 35.8 Å². The summed E-state index contributed by atoms with van der Waals surface area (Å²) >= 11 is 5.61. The Hall–Kier alpha value is -3.28. The topological polar surface area (TPSA) is 115 Å². The van der Waals surface area contributed by atoms with Gasteiger partial charge in [-0.2, -0.15) is 0 Å². The lowest BCUT2D eigenvalue weighted by atomic mass is 10.1. The highest BCUT2D eigenvalue weighted by Gasteiger charge is 2.33. The first-order chi connectivity index (χ1) is 16.8. The minimum Gasteiger partial charge on any atom is -0.490 e. The summed E-state index contributed by atoms with van der Waals surface area (Å²) in [6.45, 7) is 5.11. The lowest BCUT2D eigenvalue weighted by molar-refractivity contribution is 0.0587. The van der Waals surface area contributed by atoms with Crippen LogP contribution in [-0.2, 0) is 11.2 Å². The van der Waals surface area contributed by atoms with Gasteiger partial charge in [0.2, 0.25) is 5.96 Å². The van der Waals surface area contributed by atoms with Gasteiger partial charge in [0.15, 0.2) is 11.6 Å². The number of rotatable bonds is 7. The molecule has 1 heterocycles. The van der Waals surface area contributed by atoms with Crippen molar-refractivity contribution in [3.8, 4) is 5.75 Å². The van der Waals surface area contributed by atoms with Gasteiger partial charge in [-0.15, -0.1) is 16.6 Å². The first kappa shape index (κ1) is 29.0. The van der Waals surface area contributed by atoms with Crippen molar-refractivity contribution in [3.63, 3.8) is 0 Å². The van der Waals surface area contributed by atoms with E-state index >= 15 is 0 Å². The smallest absolute Gasteiger partial charge is 0.437 e. The quantitative estimate of drug-likeness (QED) is 0.247. The summed E-state index contributed by atoms with van der Waals surface area (Å²) in [5, 5.41) is 9.97. The summed E-state index contributed by atoms with van der Waals surface area (Å²) in [5.74, 6) is -0.307. The summed E-state index contributed by atoms with van der Waals surface area (Å²) in [5.41, 5.74) is -0.334. The third kappa shape index (κ3) is 8.43. The standard InChI is InChI=1S/C23H33ClFN5O6/c1-23(2,3)36-20(31)26-19(29-14-27(4)21(32)28(5)15-29)30(22(33)34)11-9-16-7-8-18(17(25)13-16)35-12-6-10-24/h7-8,13H,6,9-12,14-15H2,1-5H3,(H,33,34)/b26-19+. The molecule has 4 amide bonds. The van der Waals surface area contributed by atoms with Gasteiger partial charge in [0, 0.05) is 26.5 Å². The zero-order valence-electron chi connectivity index (χ0n) is 21.2. The number of ether oxygens (including phenoxy) is 2. The second-order valence-corrected chi connectivity index (χ2v) is 9.61. The van der Waals surface area contributed by atoms with Crippen LogP contribution in [-0.4, -0.2) is 101 Å². The molecule has 13 heteroatoms. The van der Waals surface area contributed by atoms with Crippen LogP contribution in [0, 0.1) is 5.82 Å². The second-order valence-electron chi connectivity index (χ2n) is 9.23. The first-order valence-corrected chi connectivity index (χ1v) is 11.9. The lowest BCUT2D eigenvalue weighted by Gasteiger charge is -2.41. The van der Waals surface area contributed by atoms with Crippen molar-refractivity contribution in [1.82, 2.24) is 19.6 Å². The average Bonchev–Trinajstić information content (AvgIpc) is 2.76. The molecule has 0 saturated carbocycles. The number of carbonyl (C=O) groups excluding carboxylic acids is 2. The van der Waals surface area contributed by atoms with E-state index in [9.17, 15) is 23.9 Å². The Bertz CT molecular complexity index is 972. The van der Waals surface area contributed by atoms with Crippen molar-refractivity contribution in [2.24, 2.45) is 4.99 Å². The molecule has 1 aromatic rings. The molecule has 1 aliphatic heterocycles. The fraction of sp³-hybridized carbons (Fsp3) is 0.565. The van der Waals surface area contributed by atoms with Gasteiger partial charge in [-0.1, -0.05) is 6.07 Å². The van der Waals surface area contributed by atoms with E-state index in [1.165, 1.54) is 26.8 Å². The highest BCUT2D eigenvalue weighted by molar-refractivity contribution is 6.17. The molecule has 1 N–H and O–H groups in total. The average molecular weight is 530 g/mol. The molecule has 2 rings (SSSR count). The van der Waals surface area contributed by atoms with Gasteiger partial charge in [-0.05, 0) is 51.3 Å². The Morgan fingerprint density at radius 1 is 1.22 bits per heavy atom. The van der Waals surface area contributed by atoms with Gasteiger partial charge < -0.3 is 29.3 Å². The molecule has 1 fully saturated rings. The third-order valence-corrected chi connectivity index (χ3v) is 5.18. The number of hydrogen-bond acceptors (Lipinski definition) is 5. The molecule has 11 nitrogen and oxygen atoms in total. The number of alkyl halides is 1. The van der Waals surface area contributed by atoms with Gasteiger partial charge >= 0.3 is 18.2 Å². The van der Waals surface area contributed by atoms with Gasteiger partial charge in [0.25, 0.3) is 0 Å². The maximum atomic E-state index is 14.4. The highest BCUT2D eigenvalue weighted by atomic mass is 35.5. The molecule has 0 aromatic heterocycles. The highest BCUT2D eigenvalue weighted by Crippen LogP contribution is 2.20. The minimum atomic E-state index is -1.37. The Balaban J connectivity index is 2.29. The predicted octanol–water partition coefficient (Wildman–Crippen LogP) is 3.86. The van der Waals surface area contributed by atoms with E-state index in [1.807, 2.05) is 0 Å². The van der Waals surface area contributed by atoms with Gasteiger partial charge in [-0.3, -0.25) is 0 Å². The Labute approximate surface area is 215 Å². The molecular weight excluding hydrogens is 497 g/mol. The molecule has 0 radical (unpaired) electrons. The fourth-order valence-electron chi connectivity index (χ4n) is 3.34. The van der Waals surface area contributed by atoms with Crippen LogP contribution in [0.15, 0.2) is 23.2 Å². The lowest BCUT2D eigenvalue weighted by Crippen LogP contribution is -2.60. The van der Waals surface area contributed by atoms with Crippen LogP contribution >= 0.6 is 11.6 Å². The normalized spacial score (nSPS) is 14.7. The third-order valence-electron chi connectivity index (χ3n) is 4.91. The number of benzene rings is 1. The number of carbonyl (C=O) groups is 3. The Morgan fingerprint density at radius 2 is 1.86 bits per heavy atom. The van der Waals surface area contributed by atoms with E-state index in [0.29, 0.717) is 17.9 Å². The van der Waals surface area contributed by atoms with E-state index in [2.05, 4.69) is 4.99 Å². The van der Waals surface area contributed by atoms with Gasteiger partial charge in [0.05, 0.1) is 19.9 Å². The van der Waals surface area contributed by atoms with E-state index < -0.39 is 23.6 Å². The first-order valence-electron chi connectivity index (χ1n) is 11.3. The molecule has 0 spiro atoms. The number of guanidine groups is 1. The number of urea groups is 1. The monoisotopic (exact) mass is 529 g/mol. The fourth-order valence-corrected chi connectivity index (χ4v) is 3.45. The maximum absolute atomic E-state index is 14.4. The van der Waals surface area contributed by atoms with Crippen molar-refractivity contribution in [3.05, 3.63) is 29.6 Å². The zero-order valence-corrected chi connectivity index (χ0v) is 21.9. The SMILES string of the molecule is CN1CN(/C(=N\C(=O)OC(C)(C)C)N(CCc2ccc(OCCCCl)c(F)c2)C(=O)O)CN(C)C1=O. The molecule has 0 aliphatic carbocycles. The van der Waals surface area contributed by atoms with Crippen LogP contribution in [0.3, 0.4) is 0 Å². The number of hydrogen-bond donors (Lipinski definition) is 1. The summed E-state index contributed by atoms with van der Waals surface area (Å²) in [4.78, 5) is 45.9. The number of halogens is 2. The number of aliphatic imine (C=N–C) groups is 1. The molecular formula is C23H33ClFN5O6. The van der Waals surface area contributed by atoms with E-state index in [1.54, 1.807) is 40.9 Å². The summed E-state index contributed by atoms with van der Waals surface area (Å²) in [6.07, 6.45) is -1.66. The number of carboxylic acid groups (broad SMARTS) is 1. The van der Waals surface area contributed by atoms with Crippen LogP contribution in [0.2, 0.25) is 0 Å². The number of amides is 4. The van der Waals surface area contributed by atoms with Crippen LogP contribution < -0.4 is 4.74 Å². The van der Waals surface area contributed by atoms with Gasteiger partial charge in [-0.25, -0.2) is 23.7 Å². The number of nitrogens with zero attached hydrogens (tertiary/aromatic N) is 5. The molecule has 1 aromatic carbocycles. The van der Waals surface area contributed by atoms with Crippen molar-refractivity contribution in [2.75, 3.05) is 46.5 Å². The predicted molar refractivity (Wildman–Crippen MR) is 132 cm³/mol. The molecule has 36 heavy (non-hydrogen) atoms. The summed E-state index contributed by atoms with van der Waals surface area (Å²) < 4.78 is 25.0.